The molecule has 0 heterocycles. The topological polar surface area (TPSA) is 93.7 Å². The van der Waals surface area contributed by atoms with E-state index in [1.54, 1.807) is 30.3 Å². The van der Waals surface area contributed by atoms with Gasteiger partial charge >= 0.3 is 5.97 Å². The fourth-order valence-corrected chi connectivity index (χ4v) is 4.58. The second-order valence-electron chi connectivity index (χ2n) is 9.33. The first kappa shape index (κ1) is 26.9. The van der Waals surface area contributed by atoms with E-state index >= 15 is 0 Å². The third kappa shape index (κ3) is 7.44. The molecule has 0 bridgehead atoms. The van der Waals surface area contributed by atoms with Crippen molar-refractivity contribution in [3.05, 3.63) is 90.0 Å². The van der Waals surface area contributed by atoms with Crippen molar-refractivity contribution in [1.82, 2.24) is 10.6 Å². The summed E-state index contributed by atoms with van der Waals surface area (Å²) in [5, 5.41) is 5.68. The van der Waals surface area contributed by atoms with E-state index in [9.17, 15) is 14.4 Å². The van der Waals surface area contributed by atoms with E-state index in [1.807, 2.05) is 55.5 Å². The Kier molecular flexibility index (Phi) is 9.51. The van der Waals surface area contributed by atoms with Crippen LogP contribution in [0.3, 0.4) is 0 Å². The number of ether oxygens (including phenoxy) is 2. The molecular weight excluding hydrogens is 480 g/mol. The van der Waals surface area contributed by atoms with Gasteiger partial charge in [-0.2, -0.15) is 0 Å². The van der Waals surface area contributed by atoms with Gasteiger partial charge in [-0.25, -0.2) is 0 Å². The molecule has 0 aromatic heterocycles. The second-order valence-corrected chi connectivity index (χ2v) is 9.33. The number of esters is 1. The Hall–Kier alpha value is -4.13. The van der Waals surface area contributed by atoms with Gasteiger partial charge in [0, 0.05) is 24.2 Å². The number of rotatable bonds is 10. The van der Waals surface area contributed by atoms with Crippen molar-refractivity contribution < 1.29 is 23.9 Å². The summed E-state index contributed by atoms with van der Waals surface area (Å²) < 4.78 is 11.2. The molecule has 0 aliphatic heterocycles. The monoisotopic (exact) mass is 514 g/mol. The van der Waals surface area contributed by atoms with E-state index in [2.05, 4.69) is 10.6 Å². The molecule has 1 aliphatic carbocycles. The first-order valence-electron chi connectivity index (χ1n) is 13.2. The van der Waals surface area contributed by atoms with Gasteiger partial charge in [0.15, 0.2) is 0 Å². The van der Waals surface area contributed by atoms with Gasteiger partial charge in [-0.15, -0.1) is 0 Å². The van der Waals surface area contributed by atoms with Gasteiger partial charge in [0.1, 0.15) is 5.75 Å². The van der Waals surface area contributed by atoms with Crippen LogP contribution in [0.2, 0.25) is 0 Å². The molecule has 7 heteroatoms. The summed E-state index contributed by atoms with van der Waals surface area (Å²) in [7, 11) is 0. The Labute approximate surface area is 223 Å². The number of carbonyl (C=O) groups is 3. The van der Waals surface area contributed by atoms with Gasteiger partial charge < -0.3 is 20.1 Å². The molecule has 0 saturated heterocycles. The number of carbonyl (C=O) groups excluding carboxylic acids is 3. The van der Waals surface area contributed by atoms with Gasteiger partial charge in [0.2, 0.25) is 0 Å². The van der Waals surface area contributed by atoms with Crippen molar-refractivity contribution in [3.8, 4) is 16.9 Å². The quantitative estimate of drug-likeness (QED) is 0.293. The molecule has 2 amide bonds. The highest BCUT2D eigenvalue weighted by Gasteiger charge is 2.28. The molecule has 1 saturated carbocycles. The maximum Gasteiger partial charge on any atom is 0.308 e. The lowest BCUT2D eigenvalue weighted by molar-refractivity contribution is -0.149. The zero-order valence-corrected chi connectivity index (χ0v) is 21.7. The molecule has 3 aromatic carbocycles. The van der Waals surface area contributed by atoms with Crippen molar-refractivity contribution in [2.24, 2.45) is 5.92 Å². The van der Waals surface area contributed by atoms with Gasteiger partial charge in [0.25, 0.3) is 11.8 Å². The summed E-state index contributed by atoms with van der Waals surface area (Å²) in [5.74, 6) is 0.149. The van der Waals surface area contributed by atoms with Crippen LogP contribution in [-0.4, -0.2) is 43.6 Å². The largest absolute Gasteiger partial charge is 0.490 e. The minimum atomic E-state index is -0.216. The van der Waals surface area contributed by atoms with Crippen LogP contribution >= 0.6 is 0 Å². The summed E-state index contributed by atoms with van der Waals surface area (Å²) in [6.07, 6.45) is 3.18. The lowest BCUT2D eigenvalue weighted by atomic mass is 9.87. The summed E-state index contributed by atoms with van der Waals surface area (Å²) in [6, 6.07) is 24.4. The highest BCUT2D eigenvalue weighted by molar-refractivity contribution is 5.96. The molecule has 2 N–H and O–H groups in total. The van der Waals surface area contributed by atoms with E-state index in [0.29, 0.717) is 36.6 Å². The van der Waals surface area contributed by atoms with E-state index in [0.717, 1.165) is 36.8 Å². The number of nitrogens with one attached hydrogen (secondary N) is 2. The molecule has 1 aliphatic rings. The zero-order chi connectivity index (χ0) is 26.7. The smallest absolute Gasteiger partial charge is 0.308 e. The fourth-order valence-electron chi connectivity index (χ4n) is 4.58. The summed E-state index contributed by atoms with van der Waals surface area (Å²) in [4.78, 5) is 37.0. The second kappa shape index (κ2) is 13.4. The molecule has 38 heavy (non-hydrogen) atoms. The van der Waals surface area contributed by atoms with Crippen LogP contribution in [0.1, 0.15) is 53.3 Å². The van der Waals surface area contributed by atoms with Crippen LogP contribution in [0.15, 0.2) is 78.9 Å². The van der Waals surface area contributed by atoms with E-state index in [4.69, 9.17) is 9.47 Å². The van der Waals surface area contributed by atoms with Crippen molar-refractivity contribution in [2.75, 3.05) is 19.7 Å². The average molecular weight is 515 g/mol. The molecule has 4 rings (SSSR count). The Morgan fingerprint density at radius 2 is 1.37 bits per heavy atom. The average Bonchev–Trinajstić information content (AvgIpc) is 2.96. The summed E-state index contributed by atoms with van der Waals surface area (Å²) in [6.45, 7) is 2.86. The molecule has 1 fully saturated rings. The van der Waals surface area contributed by atoms with Gasteiger partial charge in [-0.05, 0) is 80.1 Å². The zero-order valence-electron chi connectivity index (χ0n) is 21.7. The van der Waals surface area contributed by atoms with Gasteiger partial charge in [-0.1, -0.05) is 42.5 Å². The summed E-state index contributed by atoms with van der Waals surface area (Å²) >= 11 is 0. The standard InChI is InChI=1S/C31H34N2O5/c1-2-37-31(36)24-13-17-28(18-14-24)38-27-15-11-23(12-16-27)29(34)32-19-20-33-30(35)26-10-6-9-25(21-26)22-7-4-3-5-8-22/h3-12,15-16,21,24,28H,2,13-14,17-20H2,1H3,(H,32,34)(H,33,35). The molecule has 0 unspecified atom stereocenters. The lowest BCUT2D eigenvalue weighted by Gasteiger charge is -2.27. The van der Waals surface area contributed by atoms with Crippen LogP contribution in [-0.2, 0) is 9.53 Å². The number of hydrogen-bond donors (Lipinski definition) is 2. The summed E-state index contributed by atoms with van der Waals surface area (Å²) in [5.41, 5.74) is 3.11. The first-order valence-corrected chi connectivity index (χ1v) is 13.2. The normalized spacial score (nSPS) is 16.8. The van der Waals surface area contributed by atoms with E-state index < -0.39 is 0 Å². The van der Waals surface area contributed by atoms with Crippen LogP contribution in [0.5, 0.6) is 5.75 Å². The van der Waals surface area contributed by atoms with Crippen molar-refractivity contribution in [2.45, 2.75) is 38.7 Å². The highest BCUT2D eigenvalue weighted by atomic mass is 16.5. The van der Waals surface area contributed by atoms with E-state index in [-0.39, 0.29) is 29.8 Å². The van der Waals surface area contributed by atoms with Crippen molar-refractivity contribution in [3.63, 3.8) is 0 Å². The predicted molar refractivity (Wildman–Crippen MR) is 146 cm³/mol. The van der Waals surface area contributed by atoms with Crippen LogP contribution in [0, 0.1) is 5.92 Å². The minimum Gasteiger partial charge on any atom is -0.490 e. The maximum absolute atomic E-state index is 12.6. The van der Waals surface area contributed by atoms with Crippen molar-refractivity contribution in [1.29, 1.82) is 0 Å². The van der Waals surface area contributed by atoms with E-state index in [1.165, 1.54) is 0 Å². The first-order chi connectivity index (χ1) is 18.5. The molecule has 3 aromatic rings. The molecular formula is C31H34N2O5. The van der Waals surface area contributed by atoms with Crippen molar-refractivity contribution >= 4 is 17.8 Å². The minimum absolute atomic E-state index is 0.0369. The Morgan fingerprint density at radius 3 is 2.03 bits per heavy atom. The molecule has 0 atom stereocenters. The number of benzene rings is 3. The Morgan fingerprint density at radius 1 is 0.737 bits per heavy atom. The van der Waals surface area contributed by atoms with Crippen LogP contribution in [0.4, 0.5) is 0 Å². The molecule has 0 spiro atoms. The Bertz CT molecular complexity index is 1220. The molecule has 7 nitrogen and oxygen atoms in total. The Balaban J connectivity index is 1.18. The van der Waals surface area contributed by atoms with Gasteiger partial charge in [-0.3, -0.25) is 14.4 Å². The third-order valence-electron chi connectivity index (χ3n) is 6.64. The SMILES string of the molecule is CCOC(=O)C1CCC(Oc2ccc(C(=O)NCCNC(=O)c3cccc(-c4ccccc4)c3)cc2)CC1. The maximum atomic E-state index is 12.6. The van der Waals surface area contributed by atoms with Gasteiger partial charge in [0.05, 0.1) is 18.6 Å². The predicted octanol–water partition coefficient (Wildman–Crippen LogP) is 5.01. The third-order valence-corrected chi connectivity index (χ3v) is 6.64. The highest BCUT2D eigenvalue weighted by Crippen LogP contribution is 2.28. The molecule has 198 valence electrons. The lowest BCUT2D eigenvalue weighted by Crippen LogP contribution is -2.34. The number of hydrogen-bond acceptors (Lipinski definition) is 5. The van der Waals surface area contributed by atoms with Crippen LogP contribution in [0.25, 0.3) is 11.1 Å². The fraction of sp³-hybridized carbons (Fsp3) is 0.323. The molecule has 0 radical (unpaired) electrons. The number of amides is 2. The van der Waals surface area contributed by atoms with Crippen LogP contribution < -0.4 is 15.4 Å².